The highest BCUT2D eigenvalue weighted by Gasteiger charge is 2.33. The molecule has 0 atom stereocenters. The standard InChI is InChI=1S/C13H19F3N2O3S/c1-9-7-12(10(2)21-9)22(19,20)17-11-3-5-18(6-4-11)8-13(14,15)16/h7,11,17H,3-6,8H2,1-2H3. The monoisotopic (exact) mass is 340 g/mol. The van der Waals surface area contributed by atoms with Crippen LogP contribution in [0, 0.1) is 13.8 Å². The summed E-state index contributed by atoms with van der Waals surface area (Å²) < 4.78 is 69.3. The number of alkyl halides is 3. The summed E-state index contributed by atoms with van der Waals surface area (Å²) in [6.45, 7) is 2.70. The summed E-state index contributed by atoms with van der Waals surface area (Å²) in [6, 6.07) is 1.08. The number of likely N-dealkylation sites (tertiary alicyclic amines) is 1. The summed E-state index contributed by atoms with van der Waals surface area (Å²) >= 11 is 0. The minimum Gasteiger partial charge on any atom is -0.465 e. The Bertz CT molecular complexity index is 617. The average Bonchev–Trinajstić information content (AvgIpc) is 2.70. The van der Waals surface area contributed by atoms with E-state index in [0.717, 1.165) is 0 Å². The summed E-state index contributed by atoms with van der Waals surface area (Å²) in [5, 5.41) is 0. The van der Waals surface area contributed by atoms with Crippen molar-refractivity contribution < 1.29 is 26.0 Å². The van der Waals surface area contributed by atoms with E-state index in [1.54, 1.807) is 13.8 Å². The second-order valence-corrected chi connectivity index (χ2v) is 7.25. The molecule has 0 saturated carbocycles. The van der Waals surface area contributed by atoms with Gasteiger partial charge in [0.2, 0.25) is 10.0 Å². The van der Waals surface area contributed by atoms with E-state index in [0.29, 0.717) is 24.4 Å². The van der Waals surface area contributed by atoms with Gasteiger partial charge in [-0.1, -0.05) is 0 Å². The topological polar surface area (TPSA) is 62.6 Å². The molecule has 0 spiro atoms. The van der Waals surface area contributed by atoms with Gasteiger partial charge in [0.15, 0.2) is 0 Å². The van der Waals surface area contributed by atoms with Gasteiger partial charge >= 0.3 is 6.18 Å². The molecule has 126 valence electrons. The predicted octanol–water partition coefficient (Wildman–Crippen LogP) is 2.20. The lowest BCUT2D eigenvalue weighted by molar-refractivity contribution is -0.148. The molecule has 0 radical (unpaired) electrons. The Kier molecular flexibility index (Phi) is 4.88. The molecular weight excluding hydrogens is 321 g/mol. The van der Waals surface area contributed by atoms with E-state index < -0.39 is 22.7 Å². The largest absolute Gasteiger partial charge is 0.465 e. The van der Waals surface area contributed by atoms with Crippen LogP contribution in [0.2, 0.25) is 0 Å². The van der Waals surface area contributed by atoms with Crippen molar-refractivity contribution in [2.75, 3.05) is 19.6 Å². The van der Waals surface area contributed by atoms with E-state index in [-0.39, 0.29) is 24.0 Å². The Morgan fingerprint density at radius 3 is 2.36 bits per heavy atom. The minimum atomic E-state index is -4.22. The van der Waals surface area contributed by atoms with E-state index in [9.17, 15) is 21.6 Å². The molecule has 0 amide bonds. The Labute approximate surface area is 127 Å². The van der Waals surface area contributed by atoms with Crippen LogP contribution in [0.3, 0.4) is 0 Å². The molecule has 2 rings (SSSR count). The number of hydrogen-bond acceptors (Lipinski definition) is 4. The van der Waals surface area contributed by atoms with E-state index in [2.05, 4.69) is 4.72 Å². The number of nitrogens with zero attached hydrogens (tertiary/aromatic N) is 1. The van der Waals surface area contributed by atoms with Crippen molar-refractivity contribution in [1.29, 1.82) is 0 Å². The SMILES string of the molecule is Cc1cc(S(=O)(=O)NC2CCN(CC(F)(F)F)CC2)c(C)o1. The summed E-state index contributed by atoms with van der Waals surface area (Å²) in [4.78, 5) is 1.38. The molecule has 22 heavy (non-hydrogen) atoms. The number of halogens is 3. The maximum absolute atomic E-state index is 12.3. The Hall–Kier alpha value is -1.06. The van der Waals surface area contributed by atoms with Crippen LogP contribution in [0.4, 0.5) is 13.2 Å². The maximum Gasteiger partial charge on any atom is 0.401 e. The van der Waals surface area contributed by atoms with Gasteiger partial charge in [-0.05, 0) is 45.8 Å². The third-order valence-corrected chi connectivity index (χ3v) is 5.23. The highest BCUT2D eigenvalue weighted by atomic mass is 32.2. The predicted molar refractivity (Wildman–Crippen MR) is 74.0 cm³/mol. The zero-order chi connectivity index (χ0) is 16.5. The van der Waals surface area contributed by atoms with Crippen molar-refractivity contribution in [1.82, 2.24) is 9.62 Å². The van der Waals surface area contributed by atoms with Gasteiger partial charge in [0.1, 0.15) is 16.4 Å². The minimum absolute atomic E-state index is 0.0859. The van der Waals surface area contributed by atoms with Gasteiger partial charge in [0, 0.05) is 6.04 Å². The normalized spacial score (nSPS) is 18.8. The molecular formula is C13H19F3N2O3S. The van der Waals surface area contributed by atoms with Crippen LogP contribution in [0.1, 0.15) is 24.4 Å². The van der Waals surface area contributed by atoms with Crippen molar-refractivity contribution in [2.45, 2.75) is 43.8 Å². The number of nitrogens with one attached hydrogen (secondary N) is 1. The molecule has 9 heteroatoms. The van der Waals surface area contributed by atoms with E-state index in [1.165, 1.54) is 11.0 Å². The molecule has 1 aromatic heterocycles. The van der Waals surface area contributed by atoms with Gasteiger partial charge in [-0.25, -0.2) is 13.1 Å². The Balaban J connectivity index is 1.94. The van der Waals surface area contributed by atoms with Gasteiger partial charge in [-0.15, -0.1) is 0 Å². The second kappa shape index (κ2) is 6.21. The molecule has 1 saturated heterocycles. The van der Waals surface area contributed by atoms with Crippen LogP contribution >= 0.6 is 0 Å². The Morgan fingerprint density at radius 2 is 1.91 bits per heavy atom. The fraction of sp³-hybridized carbons (Fsp3) is 0.692. The van der Waals surface area contributed by atoms with Crippen LogP contribution in [0.15, 0.2) is 15.4 Å². The van der Waals surface area contributed by atoms with Crippen molar-refractivity contribution in [3.63, 3.8) is 0 Å². The molecule has 1 aromatic rings. The quantitative estimate of drug-likeness (QED) is 0.913. The number of hydrogen-bond donors (Lipinski definition) is 1. The van der Waals surface area contributed by atoms with Gasteiger partial charge in [-0.2, -0.15) is 13.2 Å². The summed E-state index contributed by atoms with van der Waals surface area (Å²) in [7, 11) is -3.71. The molecule has 1 aliphatic rings. The van der Waals surface area contributed by atoms with Crippen LogP contribution in [-0.2, 0) is 10.0 Å². The molecule has 0 bridgehead atoms. The van der Waals surface area contributed by atoms with Crippen molar-refractivity contribution in [2.24, 2.45) is 0 Å². The van der Waals surface area contributed by atoms with Crippen molar-refractivity contribution in [3.05, 3.63) is 17.6 Å². The first-order chi connectivity index (χ1) is 10.1. The molecule has 1 aliphatic heterocycles. The summed E-state index contributed by atoms with van der Waals surface area (Å²) in [5.41, 5.74) is 0. The lowest BCUT2D eigenvalue weighted by Gasteiger charge is -2.32. The van der Waals surface area contributed by atoms with Crippen LogP contribution < -0.4 is 4.72 Å². The van der Waals surface area contributed by atoms with Crippen LogP contribution in [0.5, 0.6) is 0 Å². The average molecular weight is 340 g/mol. The van der Waals surface area contributed by atoms with Crippen LogP contribution in [-0.4, -0.2) is 45.2 Å². The van der Waals surface area contributed by atoms with E-state index >= 15 is 0 Å². The summed E-state index contributed by atoms with van der Waals surface area (Å²) in [5.74, 6) is 0.803. The highest BCUT2D eigenvalue weighted by Crippen LogP contribution is 2.23. The molecule has 5 nitrogen and oxygen atoms in total. The fourth-order valence-corrected chi connectivity index (χ4v) is 4.16. The first-order valence-corrected chi connectivity index (χ1v) is 8.43. The van der Waals surface area contributed by atoms with E-state index in [1.807, 2.05) is 0 Å². The maximum atomic E-state index is 12.3. The molecule has 1 fully saturated rings. The van der Waals surface area contributed by atoms with Gasteiger partial charge < -0.3 is 4.42 Å². The van der Waals surface area contributed by atoms with Crippen molar-refractivity contribution in [3.8, 4) is 0 Å². The number of rotatable bonds is 4. The lowest BCUT2D eigenvalue weighted by atomic mass is 10.1. The fourth-order valence-electron chi connectivity index (χ4n) is 2.62. The molecule has 0 unspecified atom stereocenters. The third-order valence-electron chi connectivity index (χ3n) is 3.60. The first-order valence-electron chi connectivity index (χ1n) is 6.95. The van der Waals surface area contributed by atoms with Gasteiger partial charge in [0.25, 0.3) is 0 Å². The number of furan rings is 1. The Morgan fingerprint density at radius 1 is 1.32 bits per heavy atom. The molecule has 2 heterocycles. The zero-order valence-corrected chi connectivity index (χ0v) is 13.2. The molecule has 0 aromatic carbocycles. The summed E-state index contributed by atoms with van der Waals surface area (Å²) in [6.07, 6.45) is -3.52. The van der Waals surface area contributed by atoms with Gasteiger partial charge in [-0.3, -0.25) is 4.90 Å². The molecule has 1 N–H and O–H groups in total. The first kappa shape index (κ1) is 17.3. The van der Waals surface area contributed by atoms with Gasteiger partial charge in [0.05, 0.1) is 6.54 Å². The van der Waals surface area contributed by atoms with Crippen molar-refractivity contribution >= 4 is 10.0 Å². The number of sulfonamides is 1. The zero-order valence-electron chi connectivity index (χ0n) is 12.4. The molecule has 0 aliphatic carbocycles. The number of aryl methyl sites for hydroxylation is 2. The van der Waals surface area contributed by atoms with E-state index in [4.69, 9.17) is 4.42 Å². The highest BCUT2D eigenvalue weighted by molar-refractivity contribution is 7.89. The lowest BCUT2D eigenvalue weighted by Crippen LogP contribution is -2.47. The van der Waals surface area contributed by atoms with Crippen LogP contribution in [0.25, 0.3) is 0 Å². The smallest absolute Gasteiger partial charge is 0.401 e. The number of piperidine rings is 1. The second-order valence-electron chi connectivity index (χ2n) is 5.56. The third kappa shape index (κ3) is 4.47.